The highest BCUT2D eigenvalue weighted by Gasteiger charge is 2.18. The molecular weight excluding hydrogens is 234 g/mol. The van der Waals surface area contributed by atoms with Crippen LogP contribution in [0.2, 0.25) is 0 Å². The van der Waals surface area contributed by atoms with Gasteiger partial charge in [-0.05, 0) is 26.7 Å². The maximum Gasteiger partial charge on any atom is 0.126 e. The van der Waals surface area contributed by atoms with Gasteiger partial charge in [0, 0.05) is 12.4 Å². The molecule has 2 rings (SSSR count). The third kappa shape index (κ3) is 2.96. The monoisotopic (exact) mass is 249 g/mol. The van der Waals surface area contributed by atoms with Crippen LogP contribution in [0.25, 0.3) is 0 Å². The zero-order valence-electron chi connectivity index (χ0n) is 10.1. The molecule has 1 fully saturated rings. The molecule has 1 aliphatic heterocycles. The molecule has 2 heterocycles. The van der Waals surface area contributed by atoms with Gasteiger partial charge in [-0.1, -0.05) is 0 Å². The fourth-order valence-electron chi connectivity index (χ4n) is 1.86. The predicted molar refractivity (Wildman–Crippen MR) is 65.9 cm³/mol. The first kappa shape index (κ1) is 12.3. The Kier molecular flexibility index (Phi) is 3.97. The van der Waals surface area contributed by atoms with E-state index in [9.17, 15) is 0 Å². The Labute approximate surface area is 105 Å². The summed E-state index contributed by atoms with van der Waals surface area (Å²) in [5.41, 5.74) is 1.36. The average molecular weight is 249 g/mol. The third-order valence-corrected chi connectivity index (χ3v) is 3.82. The van der Waals surface area contributed by atoms with Crippen LogP contribution in [-0.4, -0.2) is 28.4 Å². The number of aryl methyl sites for hydroxylation is 2. The summed E-state index contributed by atoms with van der Waals surface area (Å²) in [6.07, 6.45) is 2.55. The molecule has 1 aromatic rings. The molecular formula is C12H15N3OS. The Hall–Kier alpha value is -1.12. The standard InChI is InChI=1S/C12H15N3OS/c1-8-11(6-13)12(15-9(2)14-8)17-7-10-4-3-5-16-10/h10H,3-5,7H2,1-2H3. The smallest absolute Gasteiger partial charge is 0.126 e. The number of hydrogen-bond acceptors (Lipinski definition) is 5. The summed E-state index contributed by atoms with van der Waals surface area (Å²) < 4.78 is 5.56. The largest absolute Gasteiger partial charge is 0.377 e. The molecule has 0 N–H and O–H groups in total. The van der Waals surface area contributed by atoms with Crippen LogP contribution in [0.15, 0.2) is 5.03 Å². The average Bonchev–Trinajstić information content (AvgIpc) is 2.78. The van der Waals surface area contributed by atoms with Crippen LogP contribution < -0.4 is 0 Å². The van der Waals surface area contributed by atoms with Crippen LogP contribution >= 0.6 is 11.8 Å². The van der Waals surface area contributed by atoms with Gasteiger partial charge in [-0.2, -0.15) is 5.26 Å². The van der Waals surface area contributed by atoms with Crippen LogP contribution in [0.1, 0.15) is 29.9 Å². The van der Waals surface area contributed by atoms with Crippen molar-refractivity contribution in [2.24, 2.45) is 0 Å². The number of ether oxygens (including phenoxy) is 1. The normalized spacial score (nSPS) is 19.2. The van der Waals surface area contributed by atoms with Gasteiger partial charge in [0.1, 0.15) is 22.5 Å². The Morgan fingerprint density at radius 2 is 2.29 bits per heavy atom. The molecule has 0 aliphatic carbocycles. The number of thioether (sulfide) groups is 1. The Morgan fingerprint density at radius 1 is 1.47 bits per heavy atom. The van der Waals surface area contributed by atoms with E-state index in [0.717, 1.165) is 41.7 Å². The Balaban J connectivity index is 2.11. The molecule has 1 aliphatic rings. The molecule has 0 spiro atoms. The van der Waals surface area contributed by atoms with Crippen molar-refractivity contribution in [3.63, 3.8) is 0 Å². The second-order valence-electron chi connectivity index (χ2n) is 4.09. The second kappa shape index (κ2) is 5.48. The van der Waals surface area contributed by atoms with E-state index in [1.807, 2.05) is 13.8 Å². The Morgan fingerprint density at radius 3 is 2.94 bits per heavy atom. The van der Waals surface area contributed by atoms with E-state index in [4.69, 9.17) is 10.00 Å². The van der Waals surface area contributed by atoms with E-state index in [0.29, 0.717) is 11.7 Å². The molecule has 0 radical (unpaired) electrons. The summed E-state index contributed by atoms with van der Waals surface area (Å²) in [5.74, 6) is 1.58. The Bertz CT molecular complexity index is 450. The van der Waals surface area contributed by atoms with Gasteiger partial charge in [0.15, 0.2) is 0 Å². The summed E-state index contributed by atoms with van der Waals surface area (Å²) in [6, 6.07) is 2.18. The van der Waals surface area contributed by atoms with Crippen molar-refractivity contribution in [3.8, 4) is 6.07 Å². The molecule has 0 saturated carbocycles. The quantitative estimate of drug-likeness (QED) is 0.607. The maximum absolute atomic E-state index is 9.11. The molecule has 0 bridgehead atoms. The van der Waals surface area contributed by atoms with Crippen molar-refractivity contribution in [2.75, 3.05) is 12.4 Å². The molecule has 1 aromatic heterocycles. The fourth-order valence-corrected chi connectivity index (χ4v) is 3.00. The van der Waals surface area contributed by atoms with Gasteiger partial charge < -0.3 is 4.74 Å². The highest BCUT2D eigenvalue weighted by atomic mass is 32.2. The first-order valence-electron chi connectivity index (χ1n) is 5.70. The number of aromatic nitrogens is 2. The van der Waals surface area contributed by atoms with Gasteiger partial charge in [0.05, 0.1) is 11.8 Å². The van der Waals surface area contributed by atoms with Gasteiger partial charge in [-0.3, -0.25) is 0 Å². The topological polar surface area (TPSA) is 58.8 Å². The van der Waals surface area contributed by atoms with Crippen LogP contribution in [-0.2, 0) is 4.74 Å². The zero-order chi connectivity index (χ0) is 12.3. The molecule has 17 heavy (non-hydrogen) atoms. The molecule has 90 valence electrons. The van der Waals surface area contributed by atoms with Crippen molar-refractivity contribution in [3.05, 3.63) is 17.1 Å². The molecule has 1 atom stereocenters. The van der Waals surface area contributed by atoms with Gasteiger partial charge in [0.2, 0.25) is 0 Å². The minimum Gasteiger partial charge on any atom is -0.377 e. The summed E-state index contributed by atoms with van der Waals surface area (Å²) in [4.78, 5) is 8.55. The minimum atomic E-state index is 0.308. The minimum absolute atomic E-state index is 0.308. The third-order valence-electron chi connectivity index (χ3n) is 2.71. The summed E-state index contributed by atoms with van der Waals surface area (Å²) in [6.45, 7) is 4.56. The summed E-state index contributed by atoms with van der Waals surface area (Å²) >= 11 is 1.60. The van der Waals surface area contributed by atoms with E-state index < -0.39 is 0 Å². The molecule has 5 heteroatoms. The van der Waals surface area contributed by atoms with E-state index >= 15 is 0 Å². The lowest BCUT2D eigenvalue weighted by molar-refractivity contribution is 0.129. The van der Waals surface area contributed by atoms with E-state index in [1.54, 1.807) is 11.8 Å². The van der Waals surface area contributed by atoms with Crippen LogP contribution in [0, 0.1) is 25.2 Å². The first-order chi connectivity index (χ1) is 8.20. The lowest BCUT2D eigenvalue weighted by Gasteiger charge is -2.10. The lowest BCUT2D eigenvalue weighted by Crippen LogP contribution is -2.09. The van der Waals surface area contributed by atoms with Crippen molar-refractivity contribution >= 4 is 11.8 Å². The number of nitriles is 1. The molecule has 1 saturated heterocycles. The second-order valence-corrected chi connectivity index (χ2v) is 5.10. The predicted octanol–water partition coefficient (Wildman–Crippen LogP) is 2.24. The van der Waals surface area contributed by atoms with Crippen LogP contribution in [0.4, 0.5) is 0 Å². The van der Waals surface area contributed by atoms with E-state index in [-0.39, 0.29) is 0 Å². The van der Waals surface area contributed by atoms with Gasteiger partial charge in [0.25, 0.3) is 0 Å². The van der Waals surface area contributed by atoms with Gasteiger partial charge in [-0.15, -0.1) is 11.8 Å². The van der Waals surface area contributed by atoms with Crippen molar-refractivity contribution in [2.45, 2.75) is 37.8 Å². The summed E-state index contributed by atoms with van der Waals surface area (Å²) in [7, 11) is 0. The molecule has 1 unspecified atom stereocenters. The van der Waals surface area contributed by atoms with Crippen LogP contribution in [0.5, 0.6) is 0 Å². The first-order valence-corrected chi connectivity index (χ1v) is 6.69. The number of hydrogen-bond donors (Lipinski definition) is 0. The van der Waals surface area contributed by atoms with Gasteiger partial charge >= 0.3 is 0 Å². The number of nitrogens with zero attached hydrogens (tertiary/aromatic N) is 3. The maximum atomic E-state index is 9.11. The molecule has 0 amide bonds. The zero-order valence-corrected chi connectivity index (χ0v) is 10.9. The van der Waals surface area contributed by atoms with Crippen molar-refractivity contribution in [1.82, 2.24) is 9.97 Å². The summed E-state index contributed by atoms with van der Waals surface area (Å²) in [5, 5.41) is 9.89. The highest BCUT2D eigenvalue weighted by molar-refractivity contribution is 7.99. The van der Waals surface area contributed by atoms with E-state index in [1.165, 1.54) is 0 Å². The lowest BCUT2D eigenvalue weighted by atomic mass is 10.2. The van der Waals surface area contributed by atoms with Crippen LogP contribution in [0.3, 0.4) is 0 Å². The highest BCUT2D eigenvalue weighted by Crippen LogP contribution is 2.25. The van der Waals surface area contributed by atoms with E-state index in [2.05, 4.69) is 16.0 Å². The fraction of sp³-hybridized carbons (Fsp3) is 0.583. The van der Waals surface area contributed by atoms with Crippen molar-refractivity contribution < 1.29 is 4.74 Å². The number of rotatable bonds is 3. The van der Waals surface area contributed by atoms with Crippen molar-refractivity contribution in [1.29, 1.82) is 5.26 Å². The SMILES string of the molecule is Cc1nc(C)c(C#N)c(SCC2CCCO2)n1. The van der Waals surface area contributed by atoms with Gasteiger partial charge in [-0.25, -0.2) is 9.97 Å². The molecule has 4 nitrogen and oxygen atoms in total. The molecule has 0 aromatic carbocycles.